The molecule has 2 aromatic heterocycles. The van der Waals surface area contributed by atoms with Gasteiger partial charge in [0.2, 0.25) is 0 Å². The van der Waals surface area contributed by atoms with Gasteiger partial charge in [-0.05, 0) is 75.7 Å². The fourth-order valence-corrected chi connectivity index (χ4v) is 6.44. The van der Waals surface area contributed by atoms with Crippen LogP contribution in [0.15, 0.2) is 63.5 Å². The Labute approximate surface area is 250 Å². The van der Waals surface area contributed by atoms with Gasteiger partial charge in [0, 0.05) is 28.7 Å². The lowest BCUT2D eigenvalue weighted by Crippen LogP contribution is -2.40. The van der Waals surface area contributed by atoms with Crippen molar-refractivity contribution in [2.45, 2.75) is 33.7 Å². The van der Waals surface area contributed by atoms with Crippen LogP contribution in [0.3, 0.4) is 0 Å². The smallest absolute Gasteiger partial charge is 0.338 e. The van der Waals surface area contributed by atoms with E-state index in [-0.39, 0.29) is 22.8 Å². The van der Waals surface area contributed by atoms with Crippen molar-refractivity contribution in [3.05, 3.63) is 107 Å². The first kappa shape index (κ1) is 29.3. The van der Waals surface area contributed by atoms with Crippen LogP contribution in [0, 0.1) is 19.7 Å². The highest BCUT2D eigenvalue weighted by atomic mass is 35.5. The van der Waals surface area contributed by atoms with Crippen molar-refractivity contribution in [2.24, 2.45) is 4.99 Å². The number of halogens is 2. The molecule has 0 saturated heterocycles. The summed E-state index contributed by atoms with van der Waals surface area (Å²) in [6.45, 7) is 7.47. The van der Waals surface area contributed by atoms with Crippen LogP contribution in [0.1, 0.15) is 42.4 Å². The molecule has 42 heavy (non-hydrogen) atoms. The molecule has 11 heteroatoms. The van der Waals surface area contributed by atoms with Gasteiger partial charge in [-0.15, -0.1) is 0 Å². The van der Waals surface area contributed by atoms with Crippen molar-refractivity contribution in [3.8, 4) is 17.2 Å². The number of allylic oxidation sites excluding steroid dienone is 1. The third-order valence-electron chi connectivity index (χ3n) is 7.17. The van der Waals surface area contributed by atoms with Crippen LogP contribution in [-0.2, 0) is 9.53 Å². The molecule has 8 nitrogen and oxygen atoms in total. The fourth-order valence-electron chi connectivity index (χ4n) is 5.23. The number of nitrogens with zero attached hydrogens (tertiary/aromatic N) is 3. The topological polar surface area (TPSA) is 84.1 Å². The Morgan fingerprint density at radius 3 is 2.55 bits per heavy atom. The average Bonchev–Trinajstić information content (AvgIpc) is 3.42. The molecule has 0 spiro atoms. The van der Waals surface area contributed by atoms with E-state index in [1.54, 1.807) is 57.4 Å². The number of carbonyl (C=O) groups excluding carboxylic acids is 1. The van der Waals surface area contributed by atoms with E-state index in [4.69, 9.17) is 25.8 Å². The molecule has 0 amide bonds. The zero-order valence-corrected chi connectivity index (χ0v) is 25.5. The third kappa shape index (κ3) is 5.05. The maximum Gasteiger partial charge on any atom is 0.338 e. The van der Waals surface area contributed by atoms with Crippen LogP contribution in [0.2, 0.25) is 5.02 Å². The first-order chi connectivity index (χ1) is 20.1. The van der Waals surface area contributed by atoms with Crippen LogP contribution in [0.25, 0.3) is 11.8 Å². The van der Waals surface area contributed by atoms with Crippen molar-refractivity contribution in [1.29, 1.82) is 0 Å². The Morgan fingerprint density at radius 2 is 1.88 bits per heavy atom. The van der Waals surface area contributed by atoms with Gasteiger partial charge in [0.1, 0.15) is 23.4 Å². The molecule has 1 aliphatic heterocycles. The van der Waals surface area contributed by atoms with Crippen LogP contribution in [0.5, 0.6) is 11.5 Å². The lowest BCUT2D eigenvalue weighted by molar-refractivity contribution is -0.139. The predicted octanol–water partition coefficient (Wildman–Crippen LogP) is 5.02. The van der Waals surface area contributed by atoms with Gasteiger partial charge in [0.25, 0.3) is 5.56 Å². The van der Waals surface area contributed by atoms with E-state index in [2.05, 4.69) is 4.99 Å². The highest BCUT2D eigenvalue weighted by molar-refractivity contribution is 7.07. The predicted molar refractivity (Wildman–Crippen MR) is 160 cm³/mol. The summed E-state index contributed by atoms with van der Waals surface area (Å²) < 4.78 is 34.1. The number of hydrogen-bond donors (Lipinski definition) is 0. The van der Waals surface area contributed by atoms with E-state index >= 15 is 0 Å². The van der Waals surface area contributed by atoms with Crippen molar-refractivity contribution in [1.82, 2.24) is 9.13 Å². The minimum absolute atomic E-state index is 0.0246. The second-order valence-electron chi connectivity index (χ2n) is 9.67. The fraction of sp³-hybridized carbons (Fsp3) is 0.258. The number of rotatable bonds is 7. The van der Waals surface area contributed by atoms with E-state index in [0.29, 0.717) is 37.8 Å². The molecule has 218 valence electrons. The Morgan fingerprint density at radius 1 is 1.12 bits per heavy atom. The van der Waals surface area contributed by atoms with Gasteiger partial charge in [-0.25, -0.2) is 14.2 Å². The second-order valence-corrected chi connectivity index (χ2v) is 11.1. The Bertz CT molecular complexity index is 1940. The van der Waals surface area contributed by atoms with E-state index in [0.717, 1.165) is 17.0 Å². The van der Waals surface area contributed by atoms with Crippen molar-refractivity contribution >= 4 is 35.0 Å². The summed E-state index contributed by atoms with van der Waals surface area (Å²) in [5.74, 6) is -0.0340. The largest absolute Gasteiger partial charge is 0.497 e. The molecule has 0 bridgehead atoms. The van der Waals surface area contributed by atoms with Gasteiger partial charge in [-0.1, -0.05) is 22.9 Å². The van der Waals surface area contributed by atoms with Gasteiger partial charge in [-0.2, -0.15) is 0 Å². The first-order valence-corrected chi connectivity index (χ1v) is 14.3. The molecule has 3 heterocycles. The summed E-state index contributed by atoms with van der Waals surface area (Å²) in [4.78, 5) is 32.4. The molecule has 0 aliphatic carbocycles. The molecule has 1 atom stereocenters. The van der Waals surface area contributed by atoms with Gasteiger partial charge in [-0.3, -0.25) is 9.36 Å². The van der Waals surface area contributed by atoms with Crippen LogP contribution < -0.4 is 24.4 Å². The van der Waals surface area contributed by atoms with Crippen LogP contribution in [-0.4, -0.2) is 35.9 Å². The zero-order chi connectivity index (χ0) is 30.3. The van der Waals surface area contributed by atoms with Crippen molar-refractivity contribution in [3.63, 3.8) is 0 Å². The van der Waals surface area contributed by atoms with Crippen molar-refractivity contribution in [2.75, 3.05) is 20.8 Å². The number of aryl methyl sites for hydroxylation is 1. The molecule has 0 saturated carbocycles. The molecule has 2 aromatic carbocycles. The minimum Gasteiger partial charge on any atom is -0.497 e. The lowest BCUT2D eigenvalue weighted by atomic mass is 9.95. The number of thiazole rings is 1. The SMILES string of the molecule is CCOC(=O)C1=C(C)N=c2s/c(=C\c3cc(C)n(-c4ccc(F)c(Cl)c4)c3C)c(=O)n2C1c1ccc(OC)cc1OC. The van der Waals surface area contributed by atoms with E-state index in [1.165, 1.54) is 29.1 Å². The Hall–Kier alpha value is -4.15. The normalized spacial score (nSPS) is 15.0. The number of methoxy groups -OCH3 is 2. The van der Waals surface area contributed by atoms with Gasteiger partial charge >= 0.3 is 5.97 Å². The highest BCUT2D eigenvalue weighted by Gasteiger charge is 2.35. The zero-order valence-electron chi connectivity index (χ0n) is 24.0. The number of hydrogen-bond acceptors (Lipinski definition) is 7. The third-order valence-corrected chi connectivity index (χ3v) is 8.44. The summed E-state index contributed by atoms with van der Waals surface area (Å²) >= 11 is 7.28. The minimum atomic E-state index is -0.836. The number of fused-ring (bicyclic) bond motifs is 1. The summed E-state index contributed by atoms with van der Waals surface area (Å²) in [6, 6.07) is 10.9. The summed E-state index contributed by atoms with van der Waals surface area (Å²) in [7, 11) is 3.07. The summed E-state index contributed by atoms with van der Waals surface area (Å²) in [5, 5.41) is 0.0246. The molecule has 0 radical (unpaired) electrons. The molecule has 0 N–H and O–H groups in total. The molecule has 4 aromatic rings. The first-order valence-electron chi connectivity index (χ1n) is 13.2. The maximum absolute atomic E-state index is 14.1. The van der Waals surface area contributed by atoms with E-state index in [1.807, 2.05) is 24.5 Å². The summed E-state index contributed by atoms with van der Waals surface area (Å²) in [5.41, 5.74) is 4.23. The monoisotopic (exact) mass is 609 g/mol. The summed E-state index contributed by atoms with van der Waals surface area (Å²) in [6.07, 6.45) is 1.81. The quantitative estimate of drug-likeness (QED) is 0.275. The molecule has 1 unspecified atom stereocenters. The number of benzene rings is 2. The van der Waals surface area contributed by atoms with E-state index < -0.39 is 17.8 Å². The number of ether oxygens (including phenoxy) is 3. The maximum atomic E-state index is 14.1. The second kappa shape index (κ2) is 11.6. The number of aromatic nitrogens is 2. The lowest BCUT2D eigenvalue weighted by Gasteiger charge is -2.26. The number of esters is 1. The van der Waals surface area contributed by atoms with Crippen molar-refractivity contribution < 1.29 is 23.4 Å². The molecular formula is C31H29ClFN3O5S. The van der Waals surface area contributed by atoms with Gasteiger partial charge in [0.15, 0.2) is 4.80 Å². The van der Waals surface area contributed by atoms with Gasteiger partial charge in [0.05, 0.1) is 41.7 Å². The average molecular weight is 610 g/mol. The van der Waals surface area contributed by atoms with Crippen LogP contribution >= 0.6 is 22.9 Å². The van der Waals surface area contributed by atoms with Crippen LogP contribution in [0.4, 0.5) is 4.39 Å². The highest BCUT2D eigenvalue weighted by Crippen LogP contribution is 2.37. The standard InChI is InChI=1S/C31H29ClFN3O5S/c1-7-41-30(38)27-17(3)34-31-36(28(27)22-10-9-21(39-5)15-25(22)40-6)29(37)26(42-31)13-19-12-16(2)35(18(19)4)20-8-11-24(33)23(32)14-20/h8-15,28H,7H2,1-6H3/b26-13-. The van der Waals surface area contributed by atoms with Gasteiger partial charge < -0.3 is 18.8 Å². The molecule has 1 aliphatic rings. The molecule has 5 rings (SSSR count). The van der Waals surface area contributed by atoms with E-state index in [9.17, 15) is 14.0 Å². The Kier molecular flexibility index (Phi) is 8.12. The number of carbonyl (C=O) groups is 1. The Balaban J connectivity index is 1.72. The molecular weight excluding hydrogens is 581 g/mol. The molecule has 0 fully saturated rings.